The van der Waals surface area contributed by atoms with Crippen LogP contribution in [0.4, 0.5) is 0 Å². The van der Waals surface area contributed by atoms with Gasteiger partial charge in [0.2, 0.25) is 5.88 Å². The van der Waals surface area contributed by atoms with E-state index in [0.29, 0.717) is 24.4 Å². The molecule has 0 spiro atoms. The molecule has 0 aromatic carbocycles. The second kappa shape index (κ2) is 8.18. The van der Waals surface area contributed by atoms with E-state index in [0.717, 1.165) is 18.1 Å². The number of hydrogen-bond acceptors (Lipinski definition) is 3. The fourth-order valence-electron chi connectivity index (χ4n) is 2.93. The van der Waals surface area contributed by atoms with E-state index in [2.05, 4.69) is 15.3 Å². The summed E-state index contributed by atoms with van der Waals surface area (Å²) in [5.41, 5.74) is 7.07. The van der Waals surface area contributed by atoms with Crippen LogP contribution in [0.5, 0.6) is 5.88 Å². The van der Waals surface area contributed by atoms with Gasteiger partial charge in [-0.05, 0) is 37.2 Å². The van der Waals surface area contributed by atoms with Gasteiger partial charge in [0.1, 0.15) is 0 Å². The van der Waals surface area contributed by atoms with Crippen molar-refractivity contribution < 1.29 is 4.74 Å². The van der Waals surface area contributed by atoms with Crippen molar-refractivity contribution in [1.82, 2.24) is 10.3 Å². The summed E-state index contributed by atoms with van der Waals surface area (Å²) in [5, 5.41) is 3.36. The smallest absolute Gasteiger partial charge is 0.213 e. The fraction of sp³-hybridized carbons (Fsp3) is 0.667. The molecule has 2 aliphatic carbocycles. The summed E-state index contributed by atoms with van der Waals surface area (Å²) in [6, 6.07) is 4.41. The van der Waals surface area contributed by atoms with Crippen molar-refractivity contribution in [2.45, 2.75) is 64.0 Å². The van der Waals surface area contributed by atoms with Crippen LogP contribution in [0.3, 0.4) is 0 Å². The number of nitrogens with zero attached hydrogens (tertiary/aromatic N) is 2. The van der Waals surface area contributed by atoms with Crippen LogP contribution in [0.25, 0.3) is 0 Å². The first-order valence-corrected chi connectivity index (χ1v) is 8.94. The highest BCUT2D eigenvalue weighted by molar-refractivity contribution is 5.78. The average Bonchev–Trinajstić information content (AvgIpc) is 3.40. The van der Waals surface area contributed by atoms with Crippen molar-refractivity contribution >= 4 is 5.96 Å². The molecule has 0 bridgehead atoms. The van der Waals surface area contributed by atoms with Crippen LogP contribution in [0.1, 0.15) is 56.9 Å². The normalized spacial score (nSPS) is 20.1. The highest BCUT2D eigenvalue weighted by Crippen LogP contribution is 2.29. The van der Waals surface area contributed by atoms with Crippen LogP contribution < -0.4 is 15.8 Å². The van der Waals surface area contributed by atoms with Gasteiger partial charge in [0, 0.05) is 18.3 Å². The van der Waals surface area contributed by atoms with Crippen LogP contribution in [0.15, 0.2) is 23.3 Å². The Morgan fingerprint density at radius 2 is 1.96 bits per heavy atom. The van der Waals surface area contributed by atoms with Crippen LogP contribution in [-0.2, 0) is 6.54 Å². The molecule has 1 aromatic heterocycles. The van der Waals surface area contributed by atoms with E-state index in [1.165, 1.54) is 51.4 Å². The van der Waals surface area contributed by atoms with Crippen molar-refractivity contribution in [1.29, 1.82) is 0 Å². The van der Waals surface area contributed by atoms with Crippen molar-refractivity contribution in [2.75, 3.05) is 6.61 Å². The number of aliphatic imine (C=N–C) groups is 1. The molecule has 23 heavy (non-hydrogen) atoms. The number of ether oxygens (including phenoxy) is 1. The zero-order valence-corrected chi connectivity index (χ0v) is 13.8. The molecule has 5 heteroatoms. The molecule has 0 unspecified atom stereocenters. The molecule has 0 saturated heterocycles. The molecule has 2 aliphatic rings. The third kappa shape index (κ3) is 5.73. The summed E-state index contributed by atoms with van der Waals surface area (Å²) in [7, 11) is 0. The number of hydrogen-bond donors (Lipinski definition) is 2. The number of aromatic nitrogens is 1. The minimum atomic E-state index is 0.484. The summed E-state index contributed by atoms with van der Waals surface area (Å²) in [5.74, 6) is 2.00. The van der Waals surface area contributed by atoms with Gasteiger partial charge in [0.25, 0.3) is 0 Å². The first-order valence-electron chi connectivity index (χ1n) is 8.94. The number of guanidine groups is 1. The first-order chi connectivity index (χ1) is 11.3. The zero-order valence-electron chi connectivity index (χ0n) is 13.8. The second-order valence-electron chi connectivity index (χ2n) is 6.79. The molecule has 0 atom stereocenters. The fourth-order valence-corrected chi connectivity index (χ4v) is 2.93. The summed E-state index contributed by atoms with van der Waals surface area (Å²) >= 11 is 0. The Morgan fingerprint density at radius 1 is 1.17 bits per heavy atom. The lowest BCUT2D eigenvalue weighted by atomic mass is 10.1. The molecule has 3 rings (SSSR count). The Bertz CT molecular complexity index is 502. The van der Waals surface area contributed by atoms with Gasteiger partial charge in [-0.2, -0.15) is 0 Å². The molecule has 0 amide bonds. The van der Waals surface area contributed by atoms with Gasteiger partial charge in [0.15, 0.2) is 5.96 Å². The maximum atomic E-state index is 6.02. The maximum Gasteiger partial charge on any atom is 0.213 e. The van der Waals surface area contributed by atoms with Crippen molar-refractivity contribution in [3.8, 4) is 5.88 Å². The quantitative estimate of drug-likeness (QED) is 0.481. The second-order valence-corrected chi connectivity index (χ2v) is 6.79. The van der Waals surface area contributed by atoms with Gasteiger partial charge >= 0.3 is 0 Å². The zero-order chi connectivity index (χ0) is 15.9. The van der Waals surface area contributed by atoms with Crippen molar-refractivity contribution in [3.63, 3.8) is 0 Å². The number of nitrogens with two attached hydrogens (primary N) is 1. The molecule has 1 heterocycles. The highest BCUT2D eigenvalue weighted by Gasteiger charge is 2.22. The number of nitrogens with one attached hydrogen (secondary N) is 1. The Morgan fingerprint density at radius 3 is 2.61 bits per heavy atom. The lowest BCUT2D eigenvalue weighted by Gasteiger charge is -2.16. The van der Waals surface area contributed by atoms with Crippen molar-refractivity contribution in [2.24, 2.45) is 16.6 Å². The number of pyridine rings is 1. The van der Waals surface area contributed by atoms with E-state index in [1.54, 1.807) is 0 Å². The minimum absolute atomic E-state index is 0.484. The van der Waals surface area contributed by atoms with Crippen LogP contribution >= 0.6 is 0 Å². The Hall–Kier alpha value is -1.78. The molecular formula is C18H28N4O. The highest BCUT2D eigenvalue weighted by atomic mass is 16.5. The van der Waals surface area contributed by atoms with Crippen molar-refractivity contribution in [3.05, 3.63) is 23.9 Å². The van der Waals surface area contributed by atoms with Gasteiger partial charge in [0.05, 0.1) is 13.2 Å². The Kier molecular flexibility index (Phi) is 5.72. The van der Waals surface area contributed by atoms with E-state index in [4.69, 9.17) is 10.5 Å². The predicted octanol–water partition coefficient (Wildman–Crippen LogP) is 3.00. The molecule has 2 saturated carbocycles. The van der Waals surface area contributed by atoms with Crippen LogP contribution in [-0.4, -0.2) is 23.6 Å². The van der Waals surface area contributed by atoms with E-state index in [1.807, 2.05) is 18.3 Å². The van der Waals surface area contributed by atoms with Crippen LogP contribution in [0, 0.1) is 5.92 Å². The molecule has 1 aromatic rings. The summed E-state index contributed by atoms with van der Waals surface area (Å²) < 4.78 is 5.64. The SMILES string of the molecule is NC(=NCc1ccc(OCC2CC2)nc1)NC1CCCCCC1. The largest absolute Gasteiger partial charge is 0.477 e. The molecule has 0 radical (unpaired) electrons. The third-order valence-corrected chi connectivity index (χ3v) is 4.60. The molecule has 126 valence electrons. The van der Waals surface area contributed by atoms with E-state index in [-0.39, 0.29) is 0 Å². The lowest BCUT2D eigenvalue weighted by molar-refractivity contribution is 0.288. The Balaban J connectivity index is 1.43. The molecule has 5 nitrogen and oxygen atoms in total. The first kappa shape index (κ1) is 16.1. The van der Waals surface area contributed by atoms with E-state index >= 15 is 0 Å². The molecule has 0 aliphatic heterocycles. The third-order valence-electron chi connectivity index (χ3n) is 4.60. The Labute approximate surface area is 138 Å². The van der Waals surface area contributed by atoms with E-state index in [9.17, 15) is 0 Å². The monoisotopic (exact) mass is 316 g/mol. The molecular weight excluding hydrogens is 288 g/mol. The lowest BCUT2D eigenvalue weighted by Crippen LogP contribution is -2.39. The predicted molar refractivity (Wildman–Crippen MR) is 92.4 cm³/mol. The van der Waals surface area contributed by atoms with Gasteiger partial charge in [-0.15, -0.1) is 0 Å². The average molecular weight is 316 g/mol. The van der Waals surface area contributed by atoms with Gasteiger partial charge in [-0.3, -0.25) is 0 Å². The summed E-state index contributed by atoms with van der Waals surface area (Å²) in [6.07, 6.45) is 12.1. The molecule has 3 N–H and O–H groups in total. The van der Waals surface area contributed by atoms with E-state index < -0.39 is 0 Å². The molecule has 2 fully saturated rings. The number of rotatable bonds is 6. The van der Waals surface area contributed by atoms with Crippen LogP contribution in [0.2, 0.25) is 0 Å². The van der Waals surface area contributed by atoms with Gasteiger partial charge in [-0.1, -0.05) is 31.7 Å². The standard InChI is InChI=1S/C18H28N4O/c19-18(22-16-5-3-1-2-4-6-16)21-12-15-9-10-17(20-11-15)23-13-14-7-8-14/h9-11,14,16H,1-8,12-13H2,(H3,19,21,22). The summed E-state index contributed by atoms with van der Waals surface area (Å²) in [6.45, 7) is 1.35. The minimum Gasteiger partial charge on any atom is -0.477 e. The maximum absolute atomic E-state index is 6.02. The topological polar surface area (TPSA) is 72.5 Å². The van der Waals surface area contributed by atoms with Gasteiger partial charge < -0.3 is 15.8 Å². The van der Waals surface area contributed by atoms with Gasteiger partial charge in [-0.25, -0.2) is 9.98 Å². The summed E-state index contributed by atoms with van der Waals surface area (Å²) in [4.78, 5) is 8.77.